The lowest BCUT2D eigenvalue weighted by atomic mass is 10.2. The van der Waals surface area contributed by atoms with Gasteiger partial charge in [-0.1, -0.05) is 12.1 Å². The molecule has 0 aromatic heterocycles. The molecule has 0 radical (unpaired) electrons. The molecule has 1 unspecified atom stereocenters. The van der Waals surface area contributed by atoms with E-state index < -0.39 is 0 Å². The number of rotatable bonds is 5. The Kier molecular flexibility index (Phi) is 3.82. The summed E-state index contributed by atoms with van der Waals surface area (Å²) >= 11 is 0. The van der Waals surface area contributed by atoms with Crippen molar-refractivity contribution in [1.82, 2.24) is 10.6 Å². The minimum absolute atomic E-state index is 0.195. The average Bonchev–Trinajstić information content (AvgIpc) is 2.75. The van der Waals surface area contributed by atoms with Crippen molar-refractivity contribution in [2.24, 2.45) is 0 Å². The van der Waals surface area contributed by atoms with Gasteiger partial charge in [-0.25, -0.2) is 4.79 Å². The van der Waals surface area contributed by atoms with Crippen molar-refractivity contribution >= 4 is 6.09 Å². The molecule has 5 nitrogen and oxygen atoms in total. The van der Waals surface area contributed by atoms with E-state index in [-0.39, 0.29) is 12.2 Å². The van der Waals surface area contributed by atoms with E-state index in [0.717, 1.165) is 12.3 Å². The summed E-state index contributed by atoms with van der Waals surface area (Å²) in [7, 11) is 1.91. The van der Waals surface area contributed by atoms with Gasteiger partial charge >= 0.3 is 6.09 Å². The molecular formula is C12H16N2O3. The molecule has 1 heterocycles. The van der Waals surface area contributed by atoms with Crippen LogP contribution in [-0.2, 0) is 11.3 Å². The smallest absolute Gasteiger partial charge is 0.407 e. The molecule has 1 aromatic carbocycles. The first-order valence-electron chi connectivity index (χ1n) is 5.59. The number of carbonyl (C=O) groups excluding carboxylic acids is 1. The first-order chi connectivity index (χ1) is 8.28. The number of cyclic esters (lactones) is 1. The second-order valence-corrected chi connectivity index (χ2v) is 3.89. The second kappa shape index (κ2) is 5.54. The van der Waals surface area contributed by atoms with Crippen LogP contribution in [0.2, 0.25) is 0 Å². The highest BCUT2D eigenvalue weighted by Gasteiger charge is 2.22. The fourth-order valence-electron chi connectivity index (χ4n) is 1.62. The molecule has 1 saturated heterocycles. The summed E-state index contributed by atoms with van der Waals surface area (Å²) < 4.78 is 10.5. The van der Waals surface area contributed by atoms with Gasteiger partial charge in [-0.15, -0.1) is 0 Å². The summed E-state index contributed by atoms with van der Waals surface area (Å²) in [6.07, 6.45) is -0.567. The van der Waals surface area contributed by atoms with Gasteiger partial charge in [0.15, 0.2) is 6.10 Å². The third-order valence-corrected chi connectivity index (χ3v) is 2.49. The molecular weight excluding hydrogens is 220 g/mol. The third kappa shape index (κ3) is 3.35. The number of benzene rings is 1. The van der Waals surface area contributed by atoms with Crippen LogP contribution in [-0.4, -0.2) is 32.4 Å². The van der Waals surface area contributed by atoms with E-state index in [1.807, 2.05) is 31.3 Å². The van der Waals surface area contributed by atoms with Crippen LogP contribution in [0.4, 0.5) is 4.79 Å². The SMILES string of the molecule is CNCc1ccc(OCC2CNC(=O)O2)cc1. The lowest BCUT2D eigenvalue weighted by Gasteiger charge is -2.10. The minimum atomic E-state index is -0.372. The summed E-state index contributed by atoms with van der Waals surface area (Å²) in [6, 6.07) is 7.84. The van der Waals surface area contributed by atoms with Crippen LogP contribution in [0.5, 0.6) is 5.75 Å². The Balaban J connectivity index is 1.80. The largest absolute Gasteiger partial charge is 0.490 e. The zero-order valence-electron chi connectivity index (χ0n) is 9.73. The van der Waals surface area contributed by atoms with Gasteiger partial charge in [-0.3, -0.25) is 0 Å². The van der Waals surface area contributed by atoms with Crippen LogP contribution in [0.15, 0.2) is 24.3 Å². The predicted molar refractivity (Wildman–Crippen MR) is 63.0 cm³/mol. The summed E-state index contributed by atoms with van der Waals surface area (Å²) in [6.45, 7) is 1.73. The van der Waals surface area contributed by atoms with E-state index in [4.69, 9.17) is 9.47 Å². The molecule has 1 aliphatic rings. The van der Waals surface area contributed by atoms with Crippen molar-refractivity contribution in [3.8, 4) is 5.75 Å². The number of alkyl carbamates (subject to hydrolysis) is 1. The third-order valence-electron chi connectivity index (χ3n) is 2.49. The molecule has 1 aromatic rings. The highest BCUT2D eigenvalue weighted by atomic mass is 16.6. The number of carbonyl (C=O) groups is 1. The Morgan fingerprint density at radius 3 is 2.82 bits per heavy atom. The number of hydrogen-bond donors (Lipinski definition) is 2. The Labute approximate surface area is 100 Å². The molecule has 1 atom stereocenters. The topological polar surface area (TPSA) is 59.6 Å². The van der Waals surface area contributed by atoms with Gasteiger partial charge in [-0.2, -0.15) is 0 Å². The maximum atomic E-state index is 10.8. The molecule has 0 saturated carbocycles. The highest BCUT2D eigenvalue weighted by Crippen LogP contribution is 2.13. The normalized spacial score (nSPS) is 18.6. The summed E-state index contributed by atoms with van der Waals surface area (Å²) in [5, 5.41) is 5.66. The van der Waals surface area contributed by atoms with E-state index in [0.29, 0.717) is 13.2 Å². The van der Waals surface area contributed by atoms with Crippen LogP contribution < -0.4 is 15.4 Å². The summed E-state index contributed by atoms with van der Waals surface area (Å²) in [5.41, 5.74) is 1.20. The van der Waals surface area contributed by atoms with Crippen molar-refractivity contribution in [1.29, 1.82) is 0 Å². The van der Waals surface area contributed by atoms with Crippen LogP contribution in [0.3, 0.4) is 0 Å². The van der Waals surface area contributed by atoms with E-state index in [2.05, 4.69) is 10.6 Å². The molecule has 17 heavy (non-hydrogen) atoms. The molecule has 1 aliphatic heterocycles. The van der Waals surface area contributed by atoms with Crippen LogP contribution in [0.1, 0.15) is 5.56 Å². The number of nitrogens with one attached hydrogen (secondary N) is 2. The van der Waals surface area contributed by atoms with Gasteiger partial charge in [0, 0.05) is 6.54 Å². The molecule has 2 rings (SSSR count). The maximum Gasteiger partial charge on any atom is 0.407 e. The molecule has 92 valence electrons. The van der Waals surface area contributed by atoms with Crippen molar-refractivity contribution in [2.45, 2.75) is 12.6 Å². The van der Waals surface area contributed by atoms with Crippen LogP contribution in [0, 0.1) is 0 Å². The predicted octanol–water partition coefficient (Wildman–Crippen LogP) is 0.893. The van der Waals surface area contributed by atoms with Gasteiger partial charge in [0.1, 0.15) is 12.4 Å². The van der Waals surface area contributed by atoms with Crippen molar-refractivity contribution in [3.05, 3.63) is 29.8 Å². The first kappa shape index (κ1) is 11.7. The molecule has 2 N–H and O–H groups in total. The van der Waals surface area contributed by atoms with Gasteiger partial charge < -0.3 is 20.1 Å². The van der Waals surface area contributed by atoms with Gasteiger partial charge in [0.2, 0.25) is 0 Å². The van der Waals surface area contributed by atoms with E-state index >= 15 is 0 Å². The van der Waals surface area contributed by atoms with Crippen LogP contribution in [0.25, 0.3) is 0 Å². The molecule has 1 amide bonds. The number of amides is 1. The standard InChI is InChI=1S/C12H16N2O3/c1-13-6-9-2-4-10(5-3-9)16-8-11-7-14-12(15)17-11/h2-5,11,13H,6-8H2,1H3,(H,14,15). The lowest BCUT2D eigenvalue weighted by Crippen LogP contribution is -2.21. The number of ether oxygens (including phenoxy) is 2. The molecule has 0 aliphatic carbocycles. The summed E-state index contributed by atoms with van der Waals surface area (Å²) in [4.78, 5) is 10.8. The fourth-order valence-corrected chi connectivity index (χ4v) is 1.62. The van der Waals surface area contributed by atoms with Crippen molar-refractivity contribution in [3.63, 3.8) is 0 Å². The molecule has 0 spiro atoms. The van der Waals surface area contributed by atoms with Crippen molar-refractivity contribution < 1.29 is 14.3 Å². The Morgan fingerprint density at radius 2 is 2.24 bits per heavy atom. The van der Waals surface area contributed by atoms with Gasteiger partial charge in [0.05, 0.1) is 6.54 Å². The second-order valence-electron chi connectivity index (χ2n) is 3.89. The molecule has 1 fully saturated rings. The molecule has 5 heteroatoms. The first-order valence-corrected chi connectivity index (χ1v) is 5.59. The van der Waals surface area contributed by atoms with E-state index in [1.54, 1.807) is 0 Å². The van der Waals surface area contributed by atoms with Gasteiger partial charge in [-0.05, 0) is 24.7 Å². The Bertz CT molecular complexity index is 378. The Morgan fingerprint density at radius 1 is 1.47 bits per heavy atom. The monoisotopic (exact) mass is 236 g/mol. The zero-order valence-corrected chi connectivity index (χ0v) is 9.73. The highest BCUT2D eigenvalue weighted by molar-refractivity contribution is 5.69. The van der Waals surface area contributed by atoms with Crippen molar-refractivity contribution in [2.75, 3.05) is 20.2 Å². The fraction of sp³-hybridized carbons (Fsp3) is 0.417. The lowest BCUT2D eigenvalue weighted by molar-refractivity contribution is 0.105. The summed E-state index contributed by atoms with van der Waals surface area (Å²) in [5.74, 6) is 0.785. The molecule has 0 bridgehead atoms. The zero-order chi connectivity index (χ0) is 12.1. The van der Waals surface area contributed by atoms with E-state index in [9.17, 15) is 4.79 Å². The number of hydrogen-bond acceptors (Lipinski definition) is 4. The average molecular weight is 236 g/mol. The quantitative estimate of drug-likeness (QED) is 0.797. The minimum Gasteiger partial charge on any atom is -0.490 e. The van der Waals surface area contributed by atoms with E-state index in [1.165, 1.54) is 5.56 Å². The maximum absolute atomic E-state index is 10.8. The van der Waals surface area contributed by atoms with Crippen LogP contribution >= 0.6 is 0 Å². The van der Waals surface area contributed by atoms with Gasteiger partial charge in [0.25, 0.3) is 0 Å². The Hall–Kier alpha value is -1.75.